The first-order valence-electron chi connectivity index (χ1n) is 6.26. The van der Waals surface area contributed by atoms with Crippen LogP contribution in [-0.4, -0.2) is 18.0 Å². The van der Waals surface area contributed by atoms with Crippen LogP contribution < -0.4 is 11.1 Å². The highest BCUT2D eigenvalue weighted by Crippen LogP contribution is 2.40. The number of carbonyl (C=O) groups excluding carboxylic acids is 1. The summed E-state index contributed by atoms with van der Waals surface area (Å²) in [4.78, 5) is 11.6. The molecule has 0 heterocycles. The number of rotatable bonds is 5. The van der Waals surface area contributed by atoms with Crippen LogP contribution in [-0.2, 0) is 4.79 Å². The van der Waals surface area contributed by atoms with Gasteiger partial charge in [-0.3, -0.25) is 4.79 Å². The van der Waals surface area contributed by atoms with Gasteiger partial charge in [-0.1, -0.05) is 30.3 Å². The number of nitrogens with one attached hydrogen (secondary N) is 1. The molecular formula is C14H20N2O. The predicted molar refractivity (Wildman–Crippen MR) is 68.6 cm³/mol. The van der Waals surface area contributed by atoms with Gasteiger partial charge in [0.1, 0.15) is 0 Å². The van der Waals surface area contributed by atoms with E-state index in [1.807, 2.05) is 25.1 Å². The van der Waals surface area contributed by atoms with E-state index in [0.717, 1.165) is 12.8 Å². The molecule has 3 atom stereocenters. The van der Waals surface area contributed by atoms with Crippen LogP contribution in [0.3, 0.4) is 0 Å². The molecule has 3 unspecified atom stereocenters. The van der Waals surface area contributed by atoms with E-state index in [2.05, 4.69) is 17.4 Å². The molecule has 0 aliphatic heterocycles. The summed E-state index contributed by atoms with van der Waals surface area (Å²) in [6, 6.07) is 10.8. The van der Waals surface area contributed by atoms with Gasteiger partial charge in [-0.05, 0) is 25.3 Å². The number of amides is 1. The number of carbonyl (C=O) groups is 1. The minimum Gasteiger partial charge on any atom is -0.353 e. The van der Waals surface area contributed by atoms with Gasteiger partial charge in [-0.15, -0.1) is 0 Å². The Morgan fingerprint density at radius 3 is 2.82 bits per heavy atom. The van der Waals surface area contributed by atoms with E-state index >= 15 is 0 Å². The van der Waals surface area contributed by atoms with Crippen LogP contribution in [0.4, 0.5) is 0 Å². The van der Waals surface area contributed by atoms with E-state index in [-0.39, 0.29) is 11.9 Å². The molecule has 1 aliphatic carbocycles. The maximum Gasteiger partial charge on any atom is 0.220 e. The summed E-state index contributed by atoms with van der Waals surface area (Å²) in [5.41, 5.74) is 6.95. The highest BCUT2D eigenvalue weighted by Gasteiger charge is 2.39. The van der Waals surface area contributed by atoms with Crippen molar-refractivity contribution >= 4 is 5.91 Å². The Morgan fingerprint density at radius 1 is 1.47 bits per heavy atom. The first kappa shape index (κ1) is 12.1. The molecule has 1 aromatic rings. The quantitative estimate of drug-likeness (QED) is 0.813. The van der Waals surface area contributed by atoms with E-state index in [1.165, 1.54) is 5.56 Å². The van der Waals surface area contributed by atoms with Gasteiger partial charge in [-0.25, -0.2) is 0 Å². The van der Waals surface area contributed by atoms with Crippen LogP contribution in [0.5, 0.6) is 0 Å². The predicted octanol–water partition coefficient (Wildman–Crippen LogP) is 1.79. The normalized spacial score (nSPS) is 24.1. The molecule has 1 aliphatic rings. The lowest BCUT2D eigenvalue weighted by Gasteiger charge is -2.06. The third-order valence-corrected chi connectivity index (χ3v) is 3.19. The molecule has 1 fully saturated rings. The van der Waals surface area contributed by atoms with Crippen molar-refractivity contribution in [2.24, 2.45) is 5.73 Å². The van der Waals surface area contributed by atoms with Crippen molar-refractivity contribution in [2.45, 2.75) is 44.2 Å². The second-order valence-electron chi connectivity index (χ2n) is 4.94. The lowest BCUT2D eigenvalue weighted by atomic mass is 10.1. The van der Waals surface area contributed by atoms with E-state index in [9.17, 15) is 4.79 Å². The summed E-state index contributed by atoms with van der Waals surface area (Å²) >= 11 is 0. The molecule has 0 spiro atoms. The van der Waals surface area contributed by atoms with Gasteiger partial charge < -0.3 is 11.1 Å². The monoisotopic (exact) mass is 232 g/mol. The van der Waals surface area contributed by atoms with Crippen molar-refractivity contribution in [1.82, 2.24) is 5.32 Å². The first-order chi connectivity index (χ1) is 8.16. The Kier molecular flexibility index (Phi) is 3.79. The Bertz CT molecular complexity index is 375. The highest BCUT2D eigenvalue weighted by atomic mass is 16.1. The van der Waals surface area contributed by atoms with Crippen LogP contribution in [0.1, 0.15) is 37.7 Å². The first-order valence-corrected chi connectivity index (χ1v) is 6.26. The maximum atomic E-state index is 11.6. The van der Waals surface area contributed by atoms with Crippen molar-refractivity contribution in [3.63, 3.8) is 0 Å². The van der Waals surface area contributed by atoms with Crippen molar-refractivity contribution in [3.8, 4) is 0 Å². The van der Waals surface area contributed by atoms with E-state index < -0.39 is 0 Å². The number of nitrogens with two attached hydrogens (primary N) is 1. The SMILES string of the molecule is CC(N)CCC(=O)NC1CC1c1ccccc1. The van der Waals surface area contributed by atoms with Crippen LogP contribution >= 0.6 is 0 Å². The molecule has 1 amide bonds. The summed E-state index contributed by atoms with van der Waals surface area (Å²) in [5.74, 6) is 0.640. The summed E-state index contributed by atoms with van der Waals surface area (Å²) in [7, 11) is 0. The van der Waals surface area contributed by atoms with Crippen molar-refractivity contribution in [2.75, 3.05) is 0 Å². The van der Waals surface area contributed by atoms with Gasteiger partial charge in [0, 0.05) is 24.4 Å². The smallest absolute Gasteiger partial charge is 0.220 e. The topological polar surface area (TPSA) is 55.1 Å². The molecule has 0 aromatic heterocycles. The fourth-order valence-corrected chi connectivity index (χ4v) is 2.06. The summed E-state index contributed by atoms with van der Waals surface area (Å²) in [6.45, 7) is 1.93. The minimum absolute atomic E-state index is 0.102. The largest absolute Gasteiger partial charge is 0.353 e. The molecule has 17 heavy (non-hydrogen) atoms. The lowest BCUT2D eigenvalue weighted by molar-refractivity contribution is -0.121. The molecule has 0 bridgehead atoms. The van der Waals surface area contributed by atoms with Crippen LogP contribution in [0, 0.1) is 0 Å². The second kappa shape index (κ2) is 5.32. The molecule has 3 nitrogen and oxygen atoms in total. The van der Waals surface area contributed by atoms with Gasteiger partial charge in [-0.2, -0.15) is 0 Å². The Balaban J connectivity index is 1.75. The van der Waals surface area contributed by atoms with E-state index in [1.54, 1.807) is 0 Å². The van der Waals surface area contributed by atoms with Gasteiger partial charge in [0.15, 0.2) is 0 Å². The Labute approximate surface area is 102 Å². The van der Waals surface area contributed by atoms with Gasteiger partial charge in [0.25, 0.3) is 0 Å². The zero-order chi connectivity index (χ0) is 12.3. The molecule has 1 aromatic carbocycles. The Hall–Kier alpha value is -1.35. The number of hydrogen-bond donors (Lipinski definition) is 2. The van der Waals surface area contributed by atoms with Crippen LogP contribution in [0.25, 0.3) is 0 Å². The van der Waals surface area contributed by atoms with Gasteiger partial charge in [0.05, 0.1) is 0 Å². The van der Waals surface area contributed by atoms with Crippen molar-refractivity contribution < 1.29 is 4.79 Å². The zero-order valence-corrected chi connectivity index (χ0v) is 10.2. The highest BCUT2D eigenvalue weighted by molar-refractivity contribution is 5.76. The second-order valence-corrected chi connectivity index (χ2v) is 4.94. The van der Waals surface area contributed by atoms with E-state index in [0.29, 0.717) is 18.4 Å². The minimum atomic E-state index is 0.102. The maximum absolute atomic E-state index is 11.6. The van der Waals surface area contributed by atoms with Gasteiger partial charge >= 0.3 is 0 Å². The zero-order valence-electron chi connectivity index (χ0n) is 10.2. The molecule has 3 N–H and O–H groups in total. The molecule has 0 radical (unpaired) electrons. The van der Waals surface area contributed by atoms with Crippen LogP contribution in [0.15, 0.2) is 30.3 Å². The van der Waals surface area contributed by atoms with E-state index in [4.69, 9.17) is 5.73 Å². The number of benzene rings is 1. The fourth-order valence-electron chi connectivity index (χ4n) is 2.06. The third-order valence-electron chi connectivity index (χ3n) is 3.19. The molecule has 2 rings (SSSR count). The van der Waals surface area contributed by atoms with Gasteiger partial charge in [0.2, 0.25) is 5.91 Å². The standard InChI is InChI=1S/C14H20N2O/c1-10(15)7-8-14(17)16-13-9-12(13)11-5-3-2-4-6-11/h2-6,10,12-13H,7-9,15H2,1H3,(H,16,17). The van der Waals surface area contributed by atoms with Crippen LogP contribution in [0.2, 0.25) is 0 Å². The average Bonchev–Trinajstić information content (AvgIpc) is 3.07. The number of hydrogen-bond acceptors (Lipinski definition) is 2. The lowest BCUT2D eigenvalue weighted by Crippen LogP contribution is -2.28. The van der Waals surface area contributed by atoms with Crippen molar-refractivity contribution in [1.29, 1.82) is 0 Å². The fraction of sp³-hybridized carbons (Fsp3) is 0.500. The summed E-state index contributed by atoms with van der Waals surface area (Å²) < 4.78 is 0. The molecule has 3 heteroatoms. The summed E-state index contributed by atoms with van der Waals surface area (Å²) in [5, 5.41) is 3.06. The van der Waals surface area contributed by atoms with Crippen molar-refractivity contribution in [3.05, 3.63) is 35.9 Å². The molecule has 92 valence electrons. The molecule has 0 saturated heterocycles. The summed E-state index contributed by atoms with van der Waals surface area (Å²) in [6.07, 6.45) is 2.36. The average molecular weight is 232 g/mol. The molecule has 1 saturated carbocycles. The third kappa shape index (κ3) is 3.56. The Morgan fingerprint density at radius 2 is 2.18 bits per heavy atom. The molecular weight excluding hydrogens is 212 g/mol.